The zero-order chi connectivity index (χ0) is 11.8. The Balaban J connectivity index is 2.06. The van der Waals surface area contributed by atoms with Gasteiger partial charge in [0.15, 0.2) is 0 Å². The Labute approximate surface area is 111 Å². The quantitative estimate of drug-likeness (QED) is 0.635. The van der Waals surface area contributed by atoms with Gasteiger partial charge in [0, 0.05) is 4.47 Å². The lowest BCUT2D eigenvalue weighted by atomic mass is 10.0. The normalized spacial score (nSPS) is 12.4. The largest absolute Gasteiger partial charge is 0.0584 e. The maximum atomic E-state index is 3.92. The zero-order valence-electron chi connectivity index (χ0n) is 9.67. The molecule has 0 saturated carbocycles. The average molecular weight is 286 g/mol. The van der Waals surface area contributed by atoms with Gasteiger partial charge < -0.3 is 0 Å². The second-order valence-electron chi connectivity index (χ2n) is 4.57. The Morgan fingerprint density at radius 2 is 1.71 bits per heavy atom. The summed E-state index contributed by atoms with van der Waals surface area (Å²) in [6.45, 7) is 3.92. The summed E-state index contributed by atoms with van der Waals surface area (Å²) in [4.78, 5) is 0. The molecule has 0 aromatic heterocycles. The van der Waals surface area contributed by atoms with Crippen LogP contribution in [0.1, 0.15) is 23.1 Å². The number of aryl methyl sites for hydroxylation is 1. The van der Waals surface area contributed by atoms with Crippen LogP contribution in [0.25, 0.3) is 11.1 Å². The van der Waals surface area contributed by atoms with E-state index >= 15 is 0 Å². The van der Waals surface area contributed by atoms with E-state index in [0.29, 0.717) is 0 Å². The molecule has 0 nitrogen and oxygen atoms in total. The van der Waals surface area contributed by atoms with Crippen molar-refractivity contribution >= 4 is 15.9 Å². The van der Waals surface area contributed by atoms with Gasteiger partial charge in [-0.1, -0.05) is 47.1 Å². The van der Waals surface area contributed by atoms with Crippen LogP contribution in [0, 0.1) is 6.92 Å². The van der Waals surface area contributed by atoms with Crippen molar-refractivity contribution in [2.24, 2.45) is 0 Å². The highest BCUT2D eigenvalue weighted by atomic mass is 79.9. The first kappa shape index (κ1) is 11.0. The van der Waals surface area contributed by atoms with E-state index in [9.17, 15) is 0 Å². The van der Waals surface area contributed by atoms with Gasteiger partial charge in [0.2, 0.25) is 0 Å². The van der Waals surface area contributed by atoms with Crippen molar-refractivity contribution in [2.75, 3.05) is 0 Å². The fraction of sp³-hybridized carbons (Fsp3) is 0.188. The molecule has 1 heteroatoms. The molecule has 0 bridgehead atoms. The molecule has 0 N–H and O–H groups in total. The Morgan fingerprint density at radius 1 is 1.00 bits per heavy atom. The molecule has 1 radical (unpaired) electrons. The summed E-state index contributed by atoms with van der Waals surface area (Å²) in [6, 6.07) is 13.4. The minimum atomic E-state index is 0.970. The highest BCUT2D eigenvalue weighted by molar-refractivity contribution is 9.10. The maximum absolute atomic E-state index is 3.92. The molecule has 85 valence electrons. The summed E-state index contributed by atoms with van der Waals surface area (Å²) >= 11 is 3.54. The topological polar surface area (TPSA) is 0 Å². The van der Waals surface area contributed by atoms with E-state index in [4.69, 9.17) is 0 Å². The Kier molecular flexibility index (Phi) is 2.79. The Hall–Kier alpha value is -1.08. The van der Waals surface area contributed by atoms with Gasteiger partial charge in [-0.05, 0) is 59.2 Å². The molecule has 0 heterocycles. The number of hydrogen-bond acceptors (Lipinski definition) is 0. The van der Waals surface area contributed by atoms with Crippen molar-refractivity contribution in [3.63, 3.8) is 0 Å². The van der Waals surface area contributed by atoms with Crippen molar-refractivity contribution < 1.29 is 0 Å². The molecule has 3 rings (SSSR count). The molecule has 0 unspecified atom stereocenters. The third kappa shape index (κ3) is 1.93. The summed E-state index contributed by atoms with van der Waals surface area (Å²) in [6.07, 6.45) is 3.11. The first-order valence-electron chi connectivity index (χ1n) is 5.98. The van der Waals surface area contributed by atoms with Gasteiger partial charge in [0.05, 0.1) is 0 Å². The molecular formula is C16H14Br. The van der Waals surface area contributed by atoms with Crippen LogP contribution < -0.4 is 0 Å². The number of benzene rings is 2. The average Bonchev–Trinajstić information content (AvgIpc) is 2.65. The second kappa shape index (κ2) is 4.30. The zero-order valence-corrected chi connectivity index (χ0v) is 11.3. The monoisotopic (exact) mass is 285 g/mol. The third-order valence-corrected chi connectivity index (χ3v) is 3.87. The standard InChI is InChI=1S/C16H14Br/c1-2-3-11-4-6-15-12(8-11)9-13-10-14(17)5-7-16(13)15/h4-8,10H,1-3,9H2. The van der Waals surface area contributed by atoms with Crippen molar-refractivity contribution in [1.29, 1.82) is 0 Å². The van der Waals surface area contributed by atoms with Crippen molar-refractivity contribution in [2.45, 2.75) is 19.3 Å². The first-order valence-corrected chi connectivity index (χ1v) is 6.77. The van der Waals surface area contributed by atoms with Gasteiger partial charge in [0.1, 0.15) is 0 Å². The van der Waals surface area contributed by atoms with E-state index in [0.717, 1.165) is 19.3 Å². The fourth-order valence-electron chi connectivity index (χ4n) is 2.59. The number of fused-ring (bicyclic) bond motifs is 3. The number of halogens is 1. The van der Waals surface area contributed by atoms with Gasteiger partial charge in [-0.3, -0.25) is 0 Å². The summed E-state index contributed by atoms with van der Waals surface area (Å²) in [5.41, 5.74) is 7.10. The molecule has 17 heavy (non-hydrogen) atoms. The Morgan fingerprint density at radius 3 is 2.47 bits per heavy atom. The molecular weight excluding hydrogens is 272 g/mol. The van der Waals surface area contributed by atoms with Crippen LogP contribution in [0.5, 0.6) is 0 Å². The van der Waals surface area contributed by atoms with E-state index < -0.39 is 0 Å². The van der Waals surface area contributed by atoms with Gasteiger partial charge in [-0.15, -0.1) is 0 Å². The summed E-state index contributed by atoms with van der Waals surface area (Å²) < 4.78 is 1.17. The van der Waals surface area contributed by atoms with Crippen molar-refractivity contribution in [3.8, 4) is 11.1 Å². The lowest BCUT2D eigenvalue weighted by Gasteiger charge is -2.04. The molecule has 1 aliphatic carbocycles. The summed E-state index contributed by atoms with van der Waals surface area (Å²) in [5, 5.41) is 0. The van der Waals surface area contributed by atoms with Crippen LogP contribution in [0.3, 0.4) is 0 Å². The summed E-state index contributed by atoms with van der Waals surface area (Å²) in [7, 11) is 0. The van der Waals surface area contributed by atoms with Crippen molar-refractivity contribution in [3.05, 3.63) is 64.5 Å². The first-order chi connectivity index (χ1) is 8.28. The van der Waals surface area contributed by atoms with Gasteiger partial charge in [-0.2, -0.15) is 0 Å². The van der Waals surface area contributed by atoms with E-state index in [1.54, 1.807) is 0 Å². The molecule has 2 aromatic rings. The van der Waals surface area contributed by atoms with Crippen LogP contribution in [0.4, 0.5) is 0 Å². The smallest absolute Gasteiger partial charge is 0.0178 e. The molecule has 1 aliphatic rings. The maximum Gasteiger partial charge on any atom is 0.0178 e. The lowest BCUT2D eigenvalue weighted by Crippen LogP contribution is -1.86. The third-order valence-electron chi connectivity index (χ3n) is 3.37. The van der Waals surface area contributed by atoms with E-state index in [1.807, 2.05) is 0 Å². The molecule has 0 spiro atoms. The van der Waals surface area contributed by atoms with Gasteiger partial charge >= 0.3 is 0 Å². The van der Waals surface area contributed by atoms with Crippen LogP contribution in [0.2, 0.25) is 0 Å². The molecule has 0 atom stereocenters. The van der Waals surface area contributed by atoms with Crippen LogP contribution in [-0.2, 0) is 12.8 Å². The van der Waals surface area contributed by atoms with Gasteiger partial charge in [-0.25, -0.2) is 0 Å². The highest BCUT2D eigenvalue weighted by Crippen LogP contribution is 2.38. The minimum absolute atomic E-state index is 0.970. The number of rotatable bonds is 2. The predicted octanol–water partition coefficient (Wildman–Crippen LogP) is 4.79. The predicted molar refractivity (Wildman–Crippen MR) is 76.1 cm³/mol. The Bertz CT molecular complexity index is 570. The van der Waals surface area contributed by atoms with Crippen LogP contribution in [0.15, 0.2) is 40.9 Å². The molecule has 0 amide bonds. The van der Waals surface area contributed by atoms with Crippen LogP contribution >= 0.6 is 15.9 Å². The van der Waals surface area contributed by atoms with Crippen molar-refractivity contribution in [1.82, 2.24) is 0 Å². The molecule has 2 aromatic carbocycles. The minimum Gasteiger partial charge on any atom is -0.0584 e. The van der Waals surface area contributed by atoms with Gasteiger partial charge in [0.25, 0.3) is 0 Å². The highest BCUT2D eigenvalue weighted by Gasteiger charge is 2.18. The van der Waals surface area contributed by atoms with E-state index in [-0.39, 0.29) is 0 Å². The molecule has 0 fully saturated rings. The SMILES string of the molecule is [CH2]CCc1ccc2c(c1)Cc1cc(Br)ccc1-2. The molecule has 0 saturated heterocycles. The summed E-state index contributed by atoms with van der Waals surface area (Å²) in [5.74, 6) is 0. The van der Waals surface area contributed by atoms with E-state index in [1.165, 1.54) is 32.3 Å². The number of hydrogen-bond donors (Lipinski definition) is 0. The fourth-order valence-corrected chi connectivity index (χ4v) is 3.00. The lowest BCUT2D eigenvalue weighted by molar-refractivity contribution is 0.995. The van der Waals surface area contributed by atoms with E-state index in [2.05, 4.69) is 59.3 Å². The second-order valence-corrected chi connectivity index (χ2v) is 5.49. The molecule has 0 aliphatic heterocycles. The van der Waals surface area contributed by atoms with Crippen LogP contribution in [-0.4, -0.2) is 0 Å².